The van der Waals surface area contributed by atoms with Crippen LogP contribution in [0.1, 0.15) is 12.8 Å². The third-order valence-corrected chi connectivity index (χ3v) is 2.80. The van der Waals surface area contributed by atoms with Crippen molar-refractivity contribution in [2.75, 3.05) is 13.1 Å². The summed E-state index contributed by atoms with van der Waals surface area (Å²) < 4.78 is 0. The number of aliphatic carboxylic acids is 1. The fourth-order valence-electron chi connectivity index (χ4n) is 2.12. The molecule has 2 bridgehead atoms. The van der Waals surface area contributed by atoms with Gasteiger partial charge in [-0.15, -0.1) is 0 Å². The van der Waals surface area contributed by atoms with E-state index in [0.717, 1.165) is 25.9 Å². The Morgan fingerprint density at radius 1 is 1.42 bits per heavy atom. The van der Waals surface area contributed by atoms with Crippen LogP contribution in [-0.4, -0.2) is 40.9 Å². The van der Waals surface area contributed by atoms with E-state index in [0.29, 0.717) is 0 Å². The van der Waals surface area contributed by atoms with Gasteiger partial charge in [-0.1, -0.05) is 0 Å². The molecule has 0 aromatic carbocycles. The van der Waals surface area contributed by atoms with Gasteiger partial charge >= 0.3 is 5.97 Å². The van der Waals surface area contributed by atoms with Gasteiger partial charge in [-0.05, 0) is 12.8 Å². The van der Waals surface area contributed by atoms with Gasteiger partial charge < -0.3 is 5.11 Å². The van der Waals surface area contributed by atoms with Crippen LogP contribution in [0.5, 0.6) is 0 Å². The average molecular weight is 169 g/mol. The van der Waals surface area contributed by atoms with Crippen molar-refractivity contribution >= 4 is 11.8 Å². The summed E-state index contributed by atoms with van der Waals surface area (Å²) in [6, 6.07) is -0.836. The van der Waals surface area contributed by atoms with Crippen molar-refractivity contribution in [1.82, 2.24) is 4.90 Å². The quantitative estimate of drug-likeness (QED) is 0.549. The molecule has 4 nitrogen and oxygen atoms in total. The number of carbonyl (C=O) groups excluding carboxylic acids is 1. The lowest BCUT2D eigenvalue weighted by Gasteiger charge is -2.41. The van der Waals surface area contributed by atoms with Crippen LogP contribution in [0.3, 0.4) is 0 Å². The Labute approximate surface area is 70.2 Å². The maximum Gasteiger partial charge on any atom is 0.328 e. The number of nitrogens with zero attached hydrogens (tertiary/aromatic N) is 1. The van der Waals surface area contributed by atoms with Crippen LogP contribution < -0.4 is 0 Å². The molecular formula is C8H11NO3. The number of Topliss-reactive ketones (excluding diaryl/α,β-unsaturated/α-hetero) is 1. The molecule has 3 aliphatic heterocycles. The number of hydrogen-bond donors (Lipinski definition) is 1. The Balaban J connectivity index is 2.24. The van der Waals surface area contributed by atoms with E-state index < -0.39 is 12.0 Å². The van der Waals surface area contributed by atoms with E-state index in [4.69, 9.17) is 5.11 Å². The monoisotopic (exact) mass is 169 g/mol. The van der Waals surface area contributed by atoms with Crippen molar-refractivity contribution in [1.29, 1.82) is 0 Å². The summed E-state index contributed by atoms with van der Waals surface area (Å²) in [6.07, 6.45) is 1.70. The van der Waals surface area contributed by atoms with Crippen LogP contribution in [0, 0.1) is 5.92 Å². The van der Waals surface area contributed by atoms with Crippen LogP contribution in [0.25, 0.3) is 0 Å². The lowest BCUT2D eigenvalue weighted by molar-refractivity contribution is -0.155. The van der Waals surface area contributed by atoms with Crippen molar-refractivity contribution < 1.29 is 14.7 Å². The van der Waals surface area contributed by atoms with Gasteiger partial charge in [0.05, 0.1) is 0 Å². The number of piperidine rings is 3. The van der Waals surface area contributed by atoms with Gasteiger partial charge in [-0.2, -0.15) is 0 Å². The highest BCUT2D eigenvalue weighted by Crippen LogP contribution is 2.28. The molecule has 4 heteroatoms. The molecule has 3 heterocycles. The largest absolute Gasteiger partial charge is 0.480 e. The highest BCUT2D eigenvalue weighted by atomic mass is 16.4. The Kier molecular flexibility index (Phi) is 1.65. The third-order valence-electron chi connectivity index (χ3n) is 2.80. The maximum atomic E-state index is 11.4. The summed E-state index contributed by atoms with van der Waals surface area (Å²) in [4.78, 5) is 23.9. The molecule has 3 fully saturated rings. The smallest absolute Gasteiger partial charge is 0.328 e. The first-order chi connectivity index (χ1) is 5.70. The number of carbonyl (C=O) groups is 2. The first kappa shape index (κ1) is 7.73. The predicted molar refractivity (Wildman–Crippen MR) is 40.7 cm³/mol. The minimum Gasteiger partial charge on any atom is -0.480 e. The second-order valence-corrected chi connectivity index (χ2v) is 3.45. The number of carboxylic acid groups (broad SMARTS) is 1. The van der Waals surface area contributed by atoms with E-state index in [1.54, 1.807) is 4.90 Å². The molecule has 1 N–H and O–H groups in total. The fraction of sp³-hybridized carbons (Fsp3) is 0.750. The molecule has 0 amide bonds. The molecule has 0 radical (unpaired) electrons. The van der Waals surface area contributed by atoms with Crippen LogP contribution >= 0.6 is 0 Å². The lowest BCUT2D eigenvalue weighted by atomic mass is 9.82. The zero-order valence-electron chi connectivity index (χ0n) is 6.69. The highest BCUT2D eigenvalue weighted by Gasteiger charge is 2.44. The molecule has 0 aromatic rings. The number of ketones is 1. The summed E-state index contributed by atoms with van der Waals surface area (Å²) in [5, 5.41) is 8.77. The van der Waals surface area contributed by atoms with E-state index in [9.17, 15) is 9.59 Å². The molecule has 0 aromatic heterocycles. The molecule has 1 unspecified atom stereocenters. The maximum absolute atomic E-state index is 11.4. The zero-order valence-corrected chi connectivity index (χ0v) is 6.69. The van der Waals surface area contributed by atoms with Crippen molar-refractivity contribution in [3.8, 4) is 0 Å². The molecule has 1 atom stereocenters. The standard InChI is InChI=1S/C8H11NO3/c10-7-5-1-3-9(4-2-5)6(7)8(11)12/h5-6H,1-4H2,(H,11,12). The van der Waals surface area contributed by atoms with E-state index in [-0.39, 0.29) is 11.7 Å². The third kappa shape index (κ3) is 0.948. The minimum absolute atomic E-state index is 0.0242. The van der Waals surface area contributed by atoms with E-state index in [1.165, 1.54) is 0 Å². The Morgan fingerprint density at radius 2 is 2.00 bits per heavy atom. The van der Waals surface area contributed by atoms with Crippen molar-refractivity contribution in [2.24, 2.45) is 5.92 Å². The molecule has 12 heavy (non-hydrogen) atoms. The summed E-state index contributed by atoms with van der Waals surface area (Å²) in [7, 11) is 0. The summed E-state index contributed by atoms with van der Waals surface area (Å²) in [6.45, 7) is 1.54. The van der Waals surface area contributed by atoms with Gasteiger partial charge in [-0.25, -0.2) is 0 Å². The number of fused-ring (bicyclic) bond motifs is 3. The van der Waals surface area contributed by atoms with Crippen LogP contribution in [0.15, 0.2) is 0 Å². The first-order valence-corrected chi connectivity index (χ1v) is 4.21. The summed E-state index contributed by atoms with van der Waals surface area (Å²) in [5.41, 5.74) is 0. The Hall–Kier alpha value is -0.900. The van der Waals surface area contributed by atoms with Gasteiger partial charge in [0, 0.05) is 19.0 Å². The molecule has 0 saturated carbocycles. The first-order valence-electron chi connectivity index (χ1n) is 4.21. The SMILES string of the molecule is O=C(O)C1C(=O)C2CCN1CC2. The minimum atomic E-state index is -0.982. The van der Waals surface area contributed by atoms with Gasteiger partial charge in [0.25, 0.3) is 0 Å². The molecule has 3 saturated heterocycles. The van der Waals surface area contributed by atoms with E-state index in [2.05, 4.69) is 0 Å². The number of carboxylic acids is 1. The van der Waals surface area contributed by atoms with E-state index >= 15 is 0 Å². The van der Waals surface area contributed by atoms with Crippen molar-refractivity contribution in [3.05, 3.63) is 0 Å². The predicted octanol–water partition coefficient (Wildman–Crippen LogP) is -0.266. The van der Waals surface area contributed by atoms with Crippen molar-refractivity contribution in [2.45, 2.75) is 18.9 Å². The highest BCUT2D eigenvalue weighted by molar-refractivity contribution is 6.04. The zero-order chi connectivity index (χ0) is 8.72. The Bertz CT molecular complexity index is 230. The topological polar surface area (TPSA) is 57.6 Å². The van der Waals surface area contributed by atoms with Gasteiger partial charge in [0.1, 0.15) is 0 Å². The van der Waals surface area contributed by atoms with Crippen LogP contribution in [-0.2, 0) is 9.59 Å². The number of rotatable bonds is 1. The van der Waals surface area contributed by atoms with Gasteiger partial charge in [0.2, 0.25) is 0 Å². The second kappa shape index (κ2) is 2.55. The summed E-state index contributed by atoms with van der Waals surface area (Å²) in [5.74, 6) is -1.04. The van der Waals surface area contributed by atoms with Crippen LogP contribution in [0.2, 0.25) is 0 Å². The molecule has 0 aliphatic carbocycles. The summed E-state index contributed by atoms with van der Waals surface area (Å²) >= 11 is 0. The average Bonchev–Trinajstić information content (AvgIpc) is 2.05. The molecule has 0 spiro atoms. The second-order valence-electron chi connectivity index (χ2n) is 3.45. The fourth-order valence-corrected chi connectivity index (χ4v) is 2.12. The molecule has 3 aliphatic rings. The lowest BCUT2D eigenvalue weighted by Crippen LogP contribution is -2.58. The normalized spacial score (nSPS) is 40.0. The van der Waals surface area contributed by atoms with Crippen LogP contribution in [0.4, 0.5) is 0 Å². The van der Waals surface area contributed by atoms with Gasteiger partial charge in [0.15, 0.2) is 11.8 Å². The van der Waals surface area contributed by atoms with Gasteiger partial charge in [-0.3, -0.25) is 14.5 Å². The Morgan fingerprint density at radius 3 is 2.33 bits per heavy atom. The van der Waals surface area contributed by atoms with Crippen molar-refractivity contribution in [3.63, 3.8) is 0 Å². The van der Waals surface area contributed by atoms with E-state index in [1.807, 2.05) is 0 Å². The number of hydrogen-bond acceptors (Lipinski definition) is 3. The molecule has 3 rings (SSSR count). The molecule has 66 valence electrons. The molecular weight excluding hydrogens is 158 g/mol.